The summed E-state index contributed by atoms with van der Waals surface area (Å²) in [6, 6.07) is 0.0432. The van der Waals surface area contributed by atoms with Gasteiger partial charge in [0.2, 0.25) is 5.91 Å². The van der Waals surface area contributed by atoms with Gasteiger partial charge in [-0.1, -0.05) is 18.6 Å². The zero-order valence-electron chi connectivity index (χ0n) is 10.3. The second-order valence-electron chi connectivity index (χ2n) is 4.80. The summed E-state index contributed by atoms with van der Waals surface area (Å²) in [5.41, 5.74) is 1.27. The van der Waals surface area contributed by atoms with Crippen molar-refractivity contribution in [2.75, 3.05) is 6.61 Å². The average molecular weight is 225 g/mol. The number of amides is 1. The van der Waals surface area contributed by atoms with Crippen molar-refractivity contribution in [3.05, 3.63) is 11.6 Å². The zero-order valence-corrected chi connectivity index (χ0v) is 10.3. The predicted octanol–water partition coefficient (Wildman–Crippen LogP) is 2.01. The van der Waals surface area contributed by atoms with Crippen molar-refractivity contribution in [1.29, 1.82) is 0 Å². The first-order chi connectivity index (χ1) is 7.63. The van der Waals surface area contributed by atoms with E-state index in [9.17, 15) is 4.79 Å². The molecule has 92 valence electrons. The summed E-state index contributed by atoms with van der Waals surface area (Å²) in [7, 11) is 0. The summed E-state index contributed by atoms with van der Waals surface area (Å²) in [6.07, 6.45) is 7.37. The maximum Gasteiger partial charge on any atom is 0.224 e. The lowest BCUT2D eigenvalue weighted by Gasteiger charge is -2.20. The van der Waals surface area contributed by atoms with E-state index in [0.29, 0.717) is 6.42 Å². The quantitative estimate of drug-likeness (QED) is 0.703. The van der Waals surface area contributed by atoms with E-state index in [1.54, 1.807) is 0 Å². The molecular formula is C13H23NO2. The molecule has 0 aliphatic heterocycles. The van der Waals surface area contributed by atoms with Crippen molar-refractivity contribution in [2.24, 2.45) is 5.92 Å². The molecule has 2 N–H and O–H groups in total. The summed E-state index contributed by atoms with van der Waals surface area (Å²) in [5, 5.41) is 11.9. The number of aliphatic hydroxyl groups is 1. The van der Waals surface area contributed by atoms with Crippen LogP contribution in [0.4, 0.5) is 0 Å². The van der Waals surface area contributed by atoms with Crippen LogP contribution in [0, 0.1) is 5.92 Å². The van der Waals surface area contributed by atoms with Gasteiger partial charge in [0, 0.05) is 19.1 Å². The van der Waals surface area contributed by atoms with Crippen LogP contribution in [0.1, 0.15) is 46.0 Å². The Labute approximate surface area is 97.9 Å². The van der Waals surface area contributed by atoms with Crippen LogP contribution in [0.15, 0.2) is 11.6 Å². The van der Waals surface area contributed by atoms with Crippen LogP contribution in [-0.2, 0) is 4.79 Å². The number of aliphatic hydroxyl groups excluding tert-OH is 1. The lowest BCUT2D eigenvalue weighted by Crippen LogP contribution is -2.38. The highest BCUT2D eigenvalue weighted by molar-refractivity contribution is 5.78. The maximum atomic E-state index is 11.7. The first-order valence-corrected chi connectivity index (χ1v) is 6.21. The fourth-order valence-corrected chi connectivity index (χ4v) is 1.88. The summed E-state index contributed by atoms with van der Waals surface area (Å²) < 4.78 is 0. The number of hydrogen-bond acceptors (Lipinski definition) is 2. The van der Waals surface area contributed by atoms with Crippen LogP contribution in [0.2, 0.25) is 0 Å². The zero-order chi connectivity index (χ0) is 12.0. The molecule has 0 fully saturated rings. The van der Waals surface area contributed by atoms with Crippen LogP contribution in [0.3, 0.4) is 0 Å². The molecule has 0 radical (unpaired) electrons. The fraction of sp³-hybridized carbons (Fsp3) is 0.769. The Kier molecular flexibility index (Phi) is 5.53. The molecule has 2 unspecified atom stereocenters. The molecule has 0 aromatic heterocycles. The lowest BCUT2D eigenvalue weighted by molar-refractivity contribution is -0.121. The molecule has 0 heterocycles. The molecule has 0 spiro atoms. The Hall–Kier alpha value is -0.830. The Morgan fingerprint density at radius 1 is 1.50 bits per heavy atom. The van der Waals surface area contributed by atoms with Gasteiger partial charge in [-0.2, -0.15) is 0 Å². The third-order valence-electron chi connectivity index (χ3n) is 3.30. The summed E-state index contributed by atoms with van der Waals surface area (Å²) >= 11 is 0. The molecule has 0 aromatic carbocycles. The molecule has 0 aromatic rings. The fourth-order valence-electron chi connectivity index (χ4n) is 1.88. The van der Waals surface area contributed by atoms with Gasteiger partial charge in [-0.15, -0.1) is 0 Å². The predicted molar refractivity (Wildman–Crippen MR) is 65.0 cm³/mol. The standard InChI is InChI=1S/C13H23NO2/c1-10(9-15)11(2)14-13(16)8-12-6-4-3-5-7-12/h6,10-11,15H,3-5,7-9H2,1-2H3,(H,14,16). The summed E-state index contributed by atoms with van der Waals surface area (Å²) in [5.74, 6) is 0.199. The number of allylic oxidation sites excluding steroid dienone is 1. The van der Waals surface area contributed by atoms with Crippen LogP contribution in [-0.4, -0.2) is 23.7 Å². The van der Waals surface area contributed by atoms with Gasteiger partial charge in [0.05, 0.1) is 0 Å². The third kappa shape index (κ3) is 4.35. The van der Waals surface area contributed by atoms with Crippen molar-refractivity contribution in [2.45, 2.75) is 52.0 Å². The van der Waals surface area contributed by atoms with E-state index in [2.05, 4.69) is 11.4 Å². The molecule has 0 saturated heterocycles. The van der Waals surface area contributed by atoms with Gasteiger partial charge >= 0.3 is 0 Å². The summed E-state index contributed by atoms with van der Waals surface area (Å²) in [4.78, 5) is 11.7. The molecule has 0 bridgehead atoms. The first-order valence-electron chi connectivity index (χ1n) is 6.21. The number of hydrogen-bond donors (Lipinski definition) is 2. The largest absolute Gasteiger partial charge is 0.396 e. The smallest absolute Gasteiger partial charge is 0.224 e. The molecule has 3 heteroatoms. The van der Waals surface area contributed by atoms with Crippen molar-refractivity contribution in [3.63, 3.8) is 0 Å². The van der Waals surface area contributed by atoms with Crippen molar-refractivity contribution in [1.82, 2.24) is 5.32 Å². The highest BCUT2D eigenvalue weighted by Gasteiger charge is 2.15. The molecule has 16 heavy (non-hydrogen) atoms. The second-order valence-corrected chi connectivity index (χ2v) is 4.80. The average Bonchev–Trinajstić information content (AvgIpc) is 2.29. The molecular weight excluding hydrogens is 202 g/mol. The molecule has 1 aliphatic carbocycles. The molecule has 0 saturated carbocycles. The minimum Gasteiger partial charge on any atom is -0.396 e. The minimum absolute atomic E-state index is 0.0432. The van der Waals surface area contributed by atoms with Gasteiger partial charge < -0.3 is 10.4 Å². The van der Waals surface area contributed by atoms with E-state index in [4.69, 9.17) is 5.11 Å². The van der Waals surface area contributed by atoms with Crippen LogP contribution >= 0.6 is 0 Å². The Balaban J connectivity index is 2.32. The van der Waals surface area contributed by atoms with E-state index in [-0.39, 0.29) is 24.5 Å². The summed E-state index contributed by atoms with van der Waals surface area (Å²) in [6.45, 7) is 3.99. The van der Waals surface area contributed by atoms with Crippen LogP contribution in [0.5, 0.6) is 0 Å². The first kappa shape index (κ1) is 13.2. The minimum atomic E-state index is 0.0432. The Morgan fingerprint density at radius 2 is 2.25 bits per heavy atom. The SMILES string of the molecule is CC(CO)C(C)NC(=O)CC1=CCCCC1. The van der Waals surface area contributed by atoms with E-state index in [1.165, 1.54) is 18.4 Å². The van der Waals surface area contributed by atoms with Gasteiger partial charge in [-0.3, -0.25) is 4.79 Å². The lowest BCUT2D eigenvalue weighted by atomic mass is 9.96. The topological polar surface area (TPSA) is 49.3 Å². The van der Waals surface area contributed by atoms with Gasteiger partial charge in [0.1, 0.15) is 0 Å². The van der Waals surface area contributed by atoms with Crippen LogP contribution < -0.4 is 5.32 Å². The number of carbonyl (C=O) groups is 1. The molecule has 1 rings (SSSR count). The van der Waals surface area contributed by atoms with Crippen molar-refractivity contribution < 1.29 is 9.90 Å². The molecule has 1 amide bonds. The van der Waals surface area contributed by atoms with Gasteiger partial charge in [-0.05, 0) is 38.5 Å². The van der Waals surface area contributed by atoms with E-state index < -0.39 is 0 Å². The number of rotatable bonds is 5. The van der Waals surface area contributed by atoms with Gasteiger partial charge in [0.25, 0.3) is 0 Å². The van der Waals surface area contributed by atoms with E-state index in [1.807, 2.05) is 13.8 Å². The normalized spacial score (nSPS) is 19.8. The Bertz CT molecular complexity index is 261. The third-order valence-corrected chi connectivity index (χ3v) is 3.30. The van der Waals surface area contributed by atoms with Gasteiger partial charge in [0.15, 0.2) is 0 Å². The number of nitrogens with one attached hydrogen (secondary N) is 1. The highest BCUT2D eigenvalue weighted by Crippen LogP contribution is 2.19. The van der Waals surface area contributed by atoms with Crippen molar-refractivity contribution >= 4 is 5.91 Å². The molecule has 2 atom stereocenters. The molecule has 3 nitrogen and oxygen atoms in total. The second kappa shape index (κ2) is 6.69. The monoisotopic (exact) mass is 225 g/mol. The Morgan fingerprint density at radius 3 is 2.81 bits per heavy atom. The molecule has 1 aliphatic rings. The number of carbonyl (C=O) groups excluding carboxylic acids is 1. The van der Waals surface area contributed by atoms with Gasteiger partial charge in [-0.25, -0.2) is 0 Å². The highest BCUT2D eigenvalue weighted by atomic mass is 16.3. The van der Waals surface area contributed by atoms with Crippen molar-refractivity contribution in [3.8, 4) is 0 Å². The van der Waals surface area contributed by atoms with E-state index >= 15 is 0 Å². The van der Waals surface area contributed by atoms with E-state index in [0.717, 1.165) is 12.8 Å². The van der Waals surface area contributed by atoms with Crippen LogP contribution in [0.25, 0.3) is 0 Å². The maximum absolute atomic E-state index is 11.7.